The first kappa shape index (κ1) is 34.2. The van der Waals surface area contributed by atoms with Crippen LogP contribution in [0, 0.1) is 34.9 Å². The number of nitrogens with zero attached hydrogens (tertiary/aromatic N) is 3. The Morgan fingerprint density at radius 1 is 0.783 bits per heavy atom. The fourth-order valence-corrected chi connectivity index (χ4v) is 5.19. The van der Waals surface area contributed by atoms with Gasteiger partial charge in [-0.2, -0.15) is 0 Å². The Bertz CT molecular complexity index is 1840. The number of ether oxygens (including phenoxy) is 2. The molecule has 0 radical (unpaired) electrons. The lowest BCUT2D eigenvalue weighted by molar-refractivity contribution is 0.0577. The molecule has 0 saturated carbocycles. The van der Waals surface area contributed by atoms with Gasteiger partial charge in [0.2, 0.25) is 0 Å². The largest absolute Gasteiger partial charge is 0.497 e. The summed E-state index contributed by atoms with van der Waals surface area (Å²) < 4.78 is 90.5. The number of benzene rings is 3. The molecule has 2 heterocycles. The van der Waals surface area contributed by atoms with E-state index in [-0.39, 0.29) is 39.3 Å². The molecule has 0 aliphatic carbocycles. The molecule has 0 saturated heterocycles. The molecule has 0 spiro atoms. The molecule has 0 fully saturated rings. The van der Waals surface area contributed by atoms with Gasteiger partial charge in [0.05, 0.1) is 25.0 Å². The number of thiazole rings is 2. The molecular formula is C31H26F6N4O3S2. The quantitative estimate of drug-likeness (QED) is 0.142. The van der Waals surface area contributed by atoms with Crippen LogP contribution in [0.5, 0.6) is 5.75 Å². The van der Waals surface area contributed by atoms with Gasteiger partial charge in [0.25, 0.3) is 0 Å². The van der Waals surface area contributed by atoms with Crippen molar-refractivity contribution in [2.75, 3.05) is 17.7 Å². The molecule has 1 amide bonds. The van der Waals surface area contributed by atoms with Crippen molar-refractivity contribution in [2.45, 2.75) is 32.9 Å². The first-order valence-corrected chi connectivity index (χ1v) is 15.0. The molecule has 242 valence electrons. The average molecular weight is 681 g/mol. The van der Waals surface area contributed by atoms with Gasteiger partial charge in [-0.15, -0.1) is 22.7 Å². The molecule has 0 aliphatic heterocycles. The van der Waals surface area contributed by atoms with Gasteiger partial charge >= 0.3 is 6.09 Å². The van der Waals surface area contributed by atoms with E-state index in [4.69, 9.17) is 15.2 Å². The van der Waals surface area contributed by atoms with E-state index in [2.05, 4.69) is 9.97 Å². The highest BCUT2D eigenvalue weighted by molar-refractivity contribution is 7.14. The monoisotopic (exact) mass is 680 g/mol. The van der Waals surface area contributed by atoms with E-state index in [1.165, 1.54) is 15.7 Å². The van der Waals surface area contributed by atoms with Crippen molar-refractivity contribution < 1.29 is 40.6 Å². The van der Waals surface area contributed by atoms with Gasteiger partial charge in [-0.05, 0) is 62.7 Å². The number of nitrogens with two attached hydrogens (primary N) is 1. The number of hydrogen-bond acceptors (Lipinski definition) is 8. The van der Waals surface area contributed by atoms with E-state index in [0.717, 1.165) is 52.5 Å². The van der Waals surface area contributed by atoms with E-state index in [1.807, 2.05) is 0 Å². The highest BCUT2D eigenvalue weighted by atomic mass is 32.1. The summed E-state index contributed by atoms with van der Waals surface area (Å²) in [6.07, 6.45) is -0.644. The van der Waals surface area contributed by atoms with Gasteiger partial charge in [-0.1, -0.05) is 12.1 Å². The zero-order valence-corrected chi connectivity index (χ0v) is 26.3. The van der Waals surface area contributed by atoms with E-state index < -0.39 is 46.6 Å². The average Bonchev–Trinajstić information content (AvgIpc) is 3.67. The summed E-state index contributed by atoms with van der Waals surface area (Å²) in [5, 5.41) is 3.42. The molecule has 15 heteroatoms. The normalized spacial score (nSPS) is 11.1. The smallest absolute Gasteiger partial charge is 0.416 e. The molecule has 2 N–H and O–H groups in total. The van der Waals surface area contributed by atoms with Crippen LogP contribution < -0.4 is 15.4 Å². The third-order valence-corrected chi connectivity index (χ3v) is 7.52. The number of rotatable bonds is 6. The molecule has 5 rings (SSSR count). The van der Waals surface area contributed by atoms with Crippen LogP contribution in [0.1, 0.15) is 26.3 Å². The Hall–Kier alpha value is -4.63. The van der Waals surface area contributed by atoms with Gasteiger partial charge in [0.15, 0.2) is 45.2 Å². The third kappa shape index (κ3) is 8.14. The standard InChI is InChI=1S/C22H21F3N2O3S.C9H5F3N2S/c1-22(2,3)30-21(28)27(11-13-5-7-14(29-4)8-6-13)20-26-17(12-31-20)15-9-10-16(23)19(25)18(15)24;10-5-2-1-4(7(11)8(5)12)6-3-15-9(13)14-6/h5-10,12H,11H2,1-4H3;1-3H,(H2,13,14). The molecule has 0 bridgehead atoms. The number of halogens is 6. The lowest BCUT2D eigenvalue weighted by Gasteiger charge is -2.26. The summed E-state index contributed by atoms with van der Waals surface area (Å²) in [5.41, 5.74) is 5.37. The Labute approximate surface area is 267 Å². The van der Waals surface area contributed by atoms with E-state index in [1.54, 1.807) is 52.1 Å². The van der Waals surface area contributed by atoms with Crippen molar-refractivity contribution in [3.63, 3.8) is 0 Å². The maximum atomic E-state index is 14.2. The lowest BCUT2D eigenvalue weighted by atomic mass is 10.1. The van der Waals surface area contributed by atoms with Crippen LogP contribution >= 0.6 is 22.7 Å². The highest BCUT2D eigenvalue weighted by Gasteiger charge is 2.27. The molecular weight excluding hydrogens is 654 g/mol. The third-order valence-electron chi connectivity index (χ3n) is 5.98. The Balaban J connectivity index is 0.000000266. The van der Waals surface area contributed by atoms with Crippen LogP contribution in [0.2, 0.25) is 0 Å². The number of hydrogen-bond donors (Lipinski definition) is 1. The number of aromatic nitrogens is 2. The van der Waals surface area contributed by atoms with Crippen LogP contribution in [-0.2, 0) is 11.3 Å². The summed E-state index contributed by atoms with van der Waals surface area (Å²) in [6, 6.07) is 11.0. The second-order valence-electron chi connectivity index (χ2n) is 10.4. The van der Waals surface area contributed by atoms with Crippen molar-refractivity contribution in [2.24, 2.45) is 0 Å². The Morgan fingerprint density at radius 2 is 1.30 bits per heavy atom. The summed E-state index contributed by atoms with van der Waals surface area (Å²) >= 11 is 2.16. The minimum Gasteiger partial charge on any atom is -0.497 e. The van der Waals surface area contributed by atoms with Crippen molar-refractivity contribution >= 4 is 39.0 Å². The maximum Gasteiger partial charge on any atom is 0.416 e. The lowest BCUT2D eigenvalue weighted by Crippen LogP contribution is -2.36. The second kappa shape index (κ2) is 14.2. The SMILES string of the molecule is COc1ccc(CN(C(=O)OC(C)(C)C)c2nc(-c3ccc(F)c(F)c3F)cs2)cc1.Nc1nc(-c2ccc(F)c(F)c2F)cs1. The minimum atomic E-state index is -1.57. The molecule has 0 unspecified atom stereocenters. The first-order chi connectivity index (χ1) is 21.7. The van der Waals surface area contributed by atoms with Gasteiger partial charge in [-0.25, -0.2) is 46.0 Å². The van der Waals surface area contributed by atoms with E-state index in [9.17, 15) is 31.1 Å². The summed E-state index contributed by atoms with van der Waals surface area (Å²) in [7, 11) is 1.55. The molecule has 3 aromatic carbocycles. The number of amides is 1. The number of anilines is 2. The first-order valence-electron chi connectivity index (χ1n) is 13.3. The molecule has 5 aromatic rings. The van der Waals surface area contributed by atoms with Crippen molar-refractivity contribution in [3.8, 4) is 28.3 Å². The van der Waals surface area contributed by atoms with Crippen LogP contribution in [0.15, 0.2) is 59.3 Å². The summed E-state index contributed by atoms with van der Waals surface area (Å²) in [5.74, 6) is -7.51. The van der Waals surface area contributed by atoms with E-state index in [0.29, 0.717) is 5.75 Å². The topological polar surface area (TPSA) is 90.6 Å². The summed E-state index contributed by atoms with van der Waals surface area (Å²) in [6.45, 7) is 5.34. The van der Waals surface area contributed by atoms with E-state index >= 15 is 0 Å². The fraction of sp³-hybridized carbons (Fsp3) is 0.194. The Kier molecular flexibility index (Phi) is 10.6. The predicted molar refractivity (Wildman–Crippen MR) is 165 cm³/mol. The van der Waals surface area contributed by atoms with Gasteiger partial charge in [0, 0.05) is 21.9 Å². The molecule has 2 aromatic heterocycles. The van der Waals surface area contributed by atoms with Crippen molar-refractivity contribution in [1.29, 1.82) is 0 Å². The summed E-state index contributed by atoms with van der Waals surface area (Å²) in [4.78, 5) is 22.2. The van der Waals surface area contributed by atoms with Crippen molar-refractivity contribution in [1.82, 2.24) is 9.97 Å². The number of nitrogen functional groups attached to an aromatic ring is 1. The second-order valence-corrected chi connectivity index (χ2v) is 12.2. The number of carbonyl (C=O) groups is 1. The van der Waals surface area contributed by atoms with Crippen LogP contribution in [0.4, 0.5) is 41.4 Å². The fourth-order valence-electron chi connectivity index (χ4n) is 3.81. The minimum absolute atomic E-state index is 0.0830. The van der Waals surface area contributed by atoms with Crippen molar-refractivity contribution in [3.05, 3.63) is 99.8 Å². The molecule has 7 nitrogen and oxygen atoms in total. The zero-order valence-electron chi connectivity index (χ0n) is 24.7. The Morgan fingerprint density at radius 3 is 1.78 bits per heavy atom. The van der Waals surface area contributed by atoms with Crippen LogP contribution in [-0.4, -0.2) is 28.8 Å². The maximum absolute atomic E-state index is 14.2. The highest BCUT2D eigenvalue weighted by Crippen LogP contribution is 2.32. The van der Waals surface area contributed by atoms with Gasteiger partial charge < -0.3 is 15.2 Å². The number of carbonyl (C=O) groups excluding carboxylic acids is 1. The van der Waals surface area contributed by atoms with Gasteiger partial charge in [0.1, 0.15) is 11.4 Å². The molecule has 0 aliphatic rings. The van der Waals surface area contributed by atoms with Gasteiger partial charge in [-0.3, -0.25) is 0 Å². The van der Waals surface area contributed by atoms with Crippen LogP contribution in [0.3, 0.4) is 0 Å². The molecule has 46 heavy (non-hydrogen) atoms. The zero-order chi connectivity index (χ0) is 33.8. The van der Waals surface area contributed by atoms with Crippen LogP contribution in [0.25, 0.3) is 22.5 Å². The predicted octanol–water partition coefficient (Wildman–Crippen LogP) is 8.99. The number of methoxy groups -OCH3 is 1. The molecule has 0 atom stereocenters.